The zero-order valence-electron chi connectivity index (χ0n) is 14.3. The van der Waals surface area contributed by atoms with Crippen LogP contribution in [0.25, 0.3) is 11.0 Å². The van der Waals surface area contributed by atoms with E-state index in [1.165, 1.54) is 38.7 Å². The first kappa shape index (κ1) is 17.8. The van der Waals surface area contributed by atoms with Crippen molar-refractivity contribution in [3.63, 3.8) is 0 Å². The Morgan fingerprint density at radius 1 is 1.04 bits per heavy atom. The van der Waals surface area contributed by atoms with Gasteiger partial charge in [-0.1, -0.05) is 11.6 Å². The van der Waals surface area contributed by atoms with E-state index in [0.717, 1.165) is 0 Å². The van der Waals surface area contributed by atoms with Gasteiger partial charge in [0.05, 0.1) is 25.2 Å². The van der Waals surface area contributed by atoms with E-state index in [9.17, 15) is 9.59 Å². The van der Waals surface area contributed by atoms with Crippen molar-refractivity contribution in [2.45, 2.75) is 6.92 Å². The molecule has 0 aliphatic rings. The molecule has 0 aliphatic carbocycles. The number of fused-ring (bicyclic) bond motifs is 1. The first-order valence-electron chi connectivity index (χ1n) is 7.61. The van der Waals surface area contributed by atoms with Gasteiger partial charge in [-0.3, -0.25) is 4.79 Å². The van der Waals surface area contributed by atoms with Crippen LogP contribution >= 0.6 is 11.6 Å². The summed E-state index contributed by atoms with van der Waals surface area (Å²) in [4.78, 5) is 24.5. The number of hydrogen-bond donors (Lipinski definition) is 0. The van der Waals surface area contributed by atoms with Crippen LogP contribution in [0.4, 0.5) is 0 Å². The number of methoxy groups -OCH3 is 2. The van der Waals surface area contributed by atoms with Gasteiger partial charge < -0.3 is 18.6 Å². The van der Waals surface area contributed by atoms with Crippen molar-refractivity contribution in [2.75, 3.05) is 14.2 Å². The first-order chi connectivity index (χ1) is 12.5. The summed E-state index contributed by atoms with van der Waals surface area (Å²) in [7, 11) is 2.99. The van der Waals surface area contributed by atoms with Crippen LogP contribution in [0.3, 0.4) is 0 Å². The quantitative estimate of drug-likeness (QED) is 0.507. The number of aryl methyl sites for hydroxylation is 1. The van der Waals surface area contributed by atoms with Crippen molar-refractivity contribution >= 4 is 28.5 Å². The Kier molecular flexibility index (Phi) is 4.86. The molecular weight excluding hydrogens is 360 g/mol. The van der Waals surface area contributed by atoms with Crippen molar-refractivity contribution in [1.82, 2.24) is 0 Å². The molecule has 6 nitrogen and oxygen atoms in total. The van der Waals surface area contributed by atoms with Gasteiger partial charge in [0.25, 0.3) is 0 Å². The highest BCUT2D eigenvalue weighted by Crippen LogP contribution is 2.30. The second-order valence-corrected chi connectivity index (χ2v) is 5.84. The van der Waals surface area contributed by atoms with Crippen LogP contribution in [-0.2, 0) is 0 Å². The lowest BCUT2D eigenvalue weighted by atomic mass is 10.1. The summed E-state index contributed by atoms with van der Waals surface area (Å²) >= 11 is 5.78. The van der Waals surface area contributed by atoms with Gasteiger partial charge >= 0.3 is 5.97 Å². The lowest BCUT2D eigenvalue weighted by Crippen LogP contribution is -2.10. The van der Waals surface area contributed by atoms with Crippen LogP contribution < -0.4 is 19.6 Å². The van der Waals surface area contributed by atoms with E-state index >= 15 is 0 Å². The van der Waals surface area contributed by atoms with Gasteiger partial charge in [-0.15, -0.1) is 0 Å². The molecule has 0 radical (unpaired) electrons. The Hall–Kier alpha value is -2.99. The smallest absolute Gasteiger partial charge is 0.343 e. The highest BCUT2D eigenvalue weighted by atomic mass is 35.5. The zero-order chi connectivity index (χ0) is 18.8. The lowest BCUT2D eigenvalue weighted by Gasteiger charge is -2.11. The Balaban J connectivity index is 1.96. The molecule has 0 spiro atoms. The summed E-state index contributed by atoms with van der Waals surface area (Å²) in [5.41, 5.74) is 0.788. The van der Waals surface area contributed by atoms with E-state index in [1.54, 1.807) is 19.1 Å². The topological polar surface area (TPSA) is 75.0 Å². The predicted octanol–water partition coefficient (Wildman–Crippen LogP) is 3.99. The maximum Gasteiger partial charge on any atom is 0.343 e. The minimum atomic E-state index is -0.579. The maximum absolute atomic E-state index is 12.5. The van der Waals surface area contributed by atoms with Gasteiger partial charge in [0.1, 0.15) is 22.6 Å². The highest BCUT2D eigenvalue weighted by molar-refractivity contribution is 6.30. The van der Waals surface area contributed by atoms with E-state index in [-0.39, 0.29) is 16.2 Å². The molecule has 0 unspecified atom stereocenters. The van der Waals surface area contributed by atoms with Crippen LogP contribution in [0, 0.1) is 6.92 Å². The molecular formula is C19H15ClO6. The highest BCUT2D eigenvalue weighted by Gasteiger charge is 2.17. The molecule has 134 valence electrons. The number of esters is 1. The molecule has 0 aliphatic heterocycles. The number of carbonyl (C=O) groups is 1. The summed E-state index contributed by atoms with van der Waals surface area (Å²) in [6, 6.07) is 7.75. The predicted molar refractivity (Wildman–Crippen MR) is 96.7 cm³/mol. The van der Waals surface area contributed by atoms with Gasteiger partial charge in [0.15, 0.2) is 11.5 Å². The first-order valence-corrected chi connectivity index (χ1v) is 7.99. The molecule has 0 atom stereocenters. The van der Waals surface area contributed by atoms with E-state index < -0.39 is 5.97 Å². The monoisotopic (exact) mass is 374 g/mol. The number of halogens is 1. The number of rotatable bonds is 4. The minimum Gasteiger partial charge on any atom is -0.493 e. The molecule has 0 saturated carbocycles. The number of ether oxygens (including phenoxy) is 3. The second kappa shape index (κ2) is 7.09. The number of benzene rings is 2. The van der Waals surface area contributed by atoms with Crippen LogP contribution in [0.1, 0.15) is 15.9 Å². The number of carbonyl (C=O) groups excluding carboxylic acids is 1. The standard InChI is InChI=1S/C19H15ClO6/c1-10-14(7-5-12-17(21)13(20)9-25-18(10)12)26-19(22)11-4-6-15(23-2)16(8-11)24-3/h4-9H,1-3H3. The Labute approximate surface area is 153 Å². The Morgan fingerprint density at radius 2 is 1.73 bits per heavy atom. The SMILES string of the molecule is COc1ccc(C(=O)Oc2ccc3c(=O)c(Cl)coc3c2C)cc1OC. The molecule has 0 fully saturated rings. The third kappa shape index (κ3) is 3.11. The molecule has 0 bridgehead atoms. The van der Waals surface area contributed by atoms with Crippen LogP contribution in [0.5, 0.6) is 17.2 Å². The van der Waals surface area contributed by atoms with Gasteiger partial charge in [0.2, 0.25) is 5.43 Å². The van der Waals surface area contributed by atoms with E-state index in [4.69, 9.17) is 30.2 Å². The summed E-state index contributed by atoms with van der Waals surface area (Å²) in [6.07, 6.45) is 1.17. The third-order valence-corrected chi connectivity index (χ3v) is 4.18. The van der Waals surface area contributed by atoms with Gasteiger partial charge in [0, 0.05) is 5.56 Å². The largest absolute Gasteiger partial charge is 0.493 e. The van der Waals surface area contributed by atoms with E-state index in [2.05, 4.69) is 0 Å². The van der Waals surface area contributed by atoms with Gasteiger partial charge in [-0.25, -0.2) is 4.79 Å². The van der Waals surface area contributed by atoms with E-state index in [1.807, 2.05) is 0 Å². The summed E-state index contributed by atoms with van der Waals surface area (Å²) < 4.78 is 21.2. The molecule has 26 heavy (non-hydrogen) atoms. The Morgan fingerprint density at radius 3 is 2.42 bits per heavy atom. The lowest BCUT2D eigenvalue weighted by molar-refractivity contribution is 0.0733. The molecule has 0 saturated heterocycles. The summed E-state index contributed by atoms with van der Waals surface area (Å²) in [5, 5.41) is 0.313. The number of hydrogen-bond acceptors (Lipinski definition) is 6. The summed E-state index contributed by atoms with van der Waals surface area (Å²) in [5.74, 6) is 0.620. The average Bonchev–Trinajstić information content (AvgIpc) is 2.66. The fourth-order valence-corrected chi connectivity index (χ4v) is 2.68. The third-order valence-electron chi connectivity index (χ3n) is 3.92. The molecule has 2 aromatic carbocycles. The van der Waals surface area contributed by atoms with Crippen molar-refractivity contribution < 1.29 is 23.4 Å². The molecule has 7 heteroatoms. The zero-order valence-corrected chi connectivity index (χ0v) is 15.0. The Bertz CT molecular complexity index is 1050. The fourth-order valence-electron chi connectivity index (χ4n) is 2.53. The van der Waals surface area contributed by atoms with Crippen molar-refractivity contribution in [3.05, 3.63) is 63.0 Å². The molecule has 1 heterocycles. The molecule has 3 rings (SSSR count). The molecule has 3 aromatic rings. The van der Waals surface area contributed by atoms with Crippen molar-refractivity contribution in [3.8, 4) is 17.2 Å². The van der Waals surface area contributed by atoms with Crippen molar-refractivity contribution in [1.29, 1.82) is 0 Å². The van der Waals surface area contributed by atoms with Crippen LogP contribution in [-0.4, -0.2) is 20.2 Å². The van der Waals surface area contributed by atoms with Crippen LogP contribution in [0.2, 0.25) is 5.02 Å². The average molecular weight is 375 g/mol. The maximum atomic E-state index is 12.5. The minimum absolute atomic E-state index is 0.00743. The second-order valence-electron chi connectivity index (χ2n) is 5.44. The summed E-state index contributed by atoms with van der Waals surface area (Å²) in [6.45, 7) is 1.69. The normalized spacial score (nSPS) is 10.6. The molecule has 0 amide bonds. The fraction of sp³-hybridized carbons (Fsp3) is 0.158. The van der Waals surface area contributed by atoms with Gasteiger partial charge in [-0.05, 0) is 37.3 Å². The van der Waals surface area contributed by atoms with Crippen molar-refractivity contribution in [2.24, 2.45) is 0 Å². The molecule has 0 N–H and O–H groups in total. The van der Waals surface area contributed by atoms with Gasteiger partial charge in [-0.2, -0.15) is 0 Å². The van der Waals surface area contributed by atoms with E-state index in [0.29, 0.717) is 33.6 Å². The molecule has 1 aromatic heterocycles. The van der Waals surface area contributed by atoms with Crippen LogP contribution in [0.15, 0.2) is 45.8 Å².